The molecule has 0 saturated carbocycles. The van der Waals surface area contributed by atoms with E-state index in [0.29, 0.717) is 6.42 Å². The van der Waals surface area contributed by atoms with Crippen molar-refractivity contribution < 1.29 is 39.8 Å². The van der Waals surface area contributed by atoms with Crippen LogP contribution in [0.4, 0.5) is 0 Å². The van der Waals surface area contributed by atoms with E-state index in [0.717, 1.165) is 25.7 Å². The highest BCUT2D eigenvalue weighted by Gasteiger charge is 2.34. The van der Waals surface area contributed by atoms with Gasteiger partial charge in [-0.3, -0.25) is 4.79 Å². The quantitative estimate of drug-likeness (QED) is 0.165. The average Bonchev–Trinajstić information content (AvgIpc) is 2.71. The molecule has 0 saturated heterocycles. The lowest BCUT2D eigenvalue weighted by Gasteiger charge is -2.32. The zero-order chi connectivity index (χ0) is 20.6. The van der Waals surface area contributed by atoms with Crippen molar-refractivity contribution in [3.05, 3.63) is 0 Å². The Balaban J connectivity index is 4.30. The molecule has 0 aliphatic heterocycles. The second-order valence-corrected chi connectivity index (χ2v) is 7.46. The van der Waals surface area contributed by atoms with E-state index in [-0.39, 0.29) is 25.8 Å². The van der Waals surface area contributed by atoms with Crippen LogP contribution >= 0.6 is 0 Å². The third-order valence-corrected chi connectivity index (χ3v) is 4.77. The van der Waals surface area contributed by atoms with Gasteiger partial charge in [0.1, 0.15) is 6.61 Å². The summed E-state index contributed by atoms with van der Waals surface area (Å²) in [5.74, 6) is -0.382. The number of hydrogen-bond acceptors (Lipinski definition) is 8. The number of aliphatic hydroxyl groups is 5. The third kappa shape index (κ3) is 10.4. The molecule has 8 heteroatoms. The van der Waals surface area contributed by atoms with Crippen LogP contribution in [0.1, 0.15) is 51.9 Å². The highest BCUT2D eigenvalue weighted by atomic mass is 16.5. The number of rotatable bonds is 18. The molecule has 0 amide bonds. The molecule has 0 heterocycles. The average molecular weight is 395 g/mol. The van der Waals surface area contributed by atoms with Gasteiger partial charge < -0.3 is 35.0 Å². The van der Waals surface area contributed by atoms with E-state index >= 15 is 0 Å². The maximum Gasteiger partial charge on any atom is 0.305 e. The van der Waals surface area contributed by atoms with Crippen LogP contribution < -0.4 is 0 Å². The first kappa shape index (κ1) is 26.2. The summed E-state index contributed by atoms with van der Waals surface area (Å²) in [5.41, 5.74) is -2.38. The Bertz CT molecular complexity index is 358. The van der Waals surface area contributed by atoms with Gasteiger partial charge in [0, 0.05) is 6.42 Å². The van der Waals surface area contributed by atoms with E-state index in [1.54, 1.807) is 0 Å². The molecule has 0 bridgehead atoms. The van der Waals surface area contributed by atoms with Crippen LogP contribution in [0.5, 0.6) is 0 Å². The number of aliphatic hydroxyl groups excluding tert-OH is 5. The van der Waals surface area contributed by atoms with Crippen LogP contribution in [0.2, 0.25) is 0 Å². The van der Waals surface area contributed by atoms with Crippen molar-refractivity contribution in [1.82, 2.24) is 0 Å². The molecule has 8 nitrogen and oxygen atoms in total. The van der Waals surface area contributed by atoms with Gasteiger partial charge in [-0.2, -0.15) is 0 Å². The molecule has 0 aliphatic rings. The summed E-state index contributed by atoms with van der Waals surface area (Å²) in [5, 5.41) is 47.1. The van der Waals surface area contributed by atoms with Gasteiger partial charge in [-0.15, -0.1) is 0 Å². The first-order valence-electron chi connectivity index (χ1n) is 9.74. The van der Waals surface area contributed by atoms with Gasteiger partial charge in [0.25, 0.3) is 0 Å². The molecule has 0 aromatic rings. The summed E-state index contributed by atoms with van der Waals surface area (Å²) in [6.07, 6.45) is 6.63. The molecular weight excluding hydrogens is 356 g/mol. The van der Waals surface area contributed by atoms with Crippen LogP contribution in [-0.2, 0) is 14.3 Å². The van der Waals surface area contributed by atoms with Crippen molar-refractivity contribution in [3.63, 3.8) is 0 Å². The molecule has 0 aromatic heterocycles. The highest BCUT2D eigenvalue weighted by Crippen LogP contribution is 2.21. The molecule has 0 unspecified atom stereocenters. The SMILES string of the molecule is CCCCCCCCC(=O)OCC(CO)(CO)COCC(CO)(CO)CO. The number of hydrogen-bond donors (Lipinski definition) is 5. The van der Waals surface area contributed by atoms with Crippen LogP contribution in [0, 0.1) is 10.8 Å². The molecule has 0 atom stereocenters. The minimum atomic E-state index is -1.20. The van der Waals surface area contributed by atoms with Crippen LogP contribution in [0.25, 0.3) is 0 Å². The molecule has 27 heavy (non-hydrogen) atoms. The van der Waals surface area contributed by atoms with Crippen LogP contribution in [-0.4, -0.2) is 84.4 Å². The predicted octanol–water partition coefficient (Wildman–Crippen LogP) is 0.231. The first-order chi connectivity index (χ1) is 13.0. The Kier molecular flexibility index (Phi) is 14.8. The Morgan fingerprint density at radius 3 is 1.70 bits per heavy atom. The third-order valence-electron chi connectivity index (χ3n) is 4.77. The Morgan fingerprint density at radius 1 is 0.704 bits per heavy atom. The van der Waals surface area contributed by atoms with Crippen molar-refractivity contribution >= 4 is 5.97 Å². The number of unbranched alkanes of at least 4 members (excludes halogenated alkanes) is 5. The first-order valence-corrected chi connectivity index (χ1v) is 9.74. The van der Waals surface area contributed by atoms with Crippen LogP contribution in [0.3, 0.4) is 0 Å². The minimum Gasteiger partial charge on any atom is -0.465 e. The smallest absolute Gasteiger partial charge is 0.305 e. The van der Waals surface area contributed by atoms with E-state index in [1.807, 2.05) is 0 Å². The summed E-state index contributed by atoms with van der Waals surface area (Å²) < 4.78 is 10.6. The Hall–Kier alpha value is -0.770. The monoisotopic (exact) mass is 394 g/mol. The summed E-state index contributed by atoms with van der Waals surface area (Å²) in [6, 6.07) is 0. The summed E-state index contributed by atoms with van der Waals surface area (Å²) >= 11 is 0. The van der Waals surface area contributed by atoms with E-state index in [1.165, 1.54) is 12.8 Å². The second-order valence-electron chi connectivity index (χ2n) is 7.46. The van der Waals surface area contributed by atoms with Gasteiger partial charge in [0.2, 0.25) is 0 Å². The summed E-state index contributed by atoms with van der Waals surface area (Å²) in [6.45, 7) is -0.700. The maximum absolute atomic E-state index is 11.9. The zero-order valence-corrected chi connectivity index (χ0v) is 16.6. The highest BCUT2D eigenvalue weighted by molar-refractivity contribution is 5.69. The van der Waals surface area contributed by atoms with Gasteiger partial charge in [-0.05, 0) is 6.42 Å². The minimum absolute atomic E-state index is 0.147. The van der Waals surface area contributed by atoms with Gasteiger partial charge >= 0.3 is 5.97 Å². The molecule has 0 aromatic carbocycles. The molecule has 0 fully saturated rings. The normalized spacial score (nSPS) is 12.4. The van der Waals surface area contributed by atoms with Gasteiger partial charge in [0.15, 0.2) is 0 Å². The van der Waals surface area contributed by atoms with Crippen molar-refractivity contribution in [2.45, 2.75) is 51.9 Å². The van der Waals surface area contributed by atoms with E-state index in [2.05, 4.69) is 6.92 Å². The van der Waals surface area contributed by atoms with Crippen molar-refractivity contribution in [2.24, 2.45) is 10.8 Å². The van der Waals surface area contributed by atoms with Gasteiger partial charge in [-0.1, -0.05) is 39.0 Å². The standard InChI is InChI=1S/C19H38O8/c1-2-3-4-5-6-7-8-17(25)27-16-19(12-23,13-24)15-26-14-18(9-20,10-21)11-22/h20-24H,2-16H2,1H3. The largest absolute Gasteiger partial charge is 0.465 e. The van der Waals surface area contributed by atoms with E-state index in [9.17, 15) is 30.3 Å². The molecule has 5 N–H and O–H groups in total. The molecule has 0 aliphatic carbocycles. The Morgan fingerprint density at radius 2 is 1.19 bits per heavy atom. The molecule has 0 rings (SSSR count). The lowest BCUT2D eigenvalue weighted by atomic mass is 9.90. The number of carbonyl (C=O) groups excluding carboxylic acids is 1. The summed E-state index contributed by atoms with van der Waals surface area (Å²) in [7, 11) is 0. The fraction of sp³-hybridized carbons (Fsp3) is 0.947. The fourth-order valence-corrected chi connectivity index (χ4v) is 2.40. The van der Waals surface area contributed by atoms with Crippen LogP contribution in [0.15, 0.2) is 0 Å². The fourth-order valence-electron chi connectivity index (χ4n) is 2.40. The summed E-state index contributed by atoms with van der Waals surface area (Å²) in [4.78, 5) is 11.9. The number of ether oxygens (including phenoxy) is 2. The zero-order valence-electron chi connectivity index (χ0n) is 16.6. The molecule has 0 spiro atoms. The van der Waals surface area contributed by atoms with Gasteiger partial charge in [0.05, 0.1) is 57.1 Å². The lowest BCUT2D eigenvalue weighted by molar-refractivity contribution is -0.154. The lowest BCUT2D eigenvalue weighted by Crippen LogP contribution is -2.44. The van der Waals surface area contributed by atoms with Crippen molar-refractivity contribution in [1.29, 1.82) is 0 Å². The second kappa shape index (κ2) is 15.2. The molecular formula is C19H38O8. The van der Waals surface area contributed by atoms with E-state index in [4.69, 9.17) is 9.47 Å². The Labute approximate surface area is 162 Å². The topological polar surface area (TPSA) is 137 Å². The molecule has 162 valence electrons. The van der Waals surface area contributed by atoms with Crippen molar-refractivity contribution in [2.75, 3.05) is 52.9 Å². The van der Waals surface area contributed by atoms with Crippen molar-refractivity contribution in [3.8, 4) is 0 Å². The number of carbonyl (C=O) groups is 1. The van der Waals surface area contributed by atoms with E-state index < -0.39 is 43.9 Å². The number of esters is 1. The van der Waals surface area contributed by atoms with Gasteiger partial charge in [-0.25, -0.2) is 0 Å². The predicted molar refractivity (Wildman–Crippen MR) is 100 cm³/mol. The molecule has 0 radical (unpaired) electrons. The maximum atomic E-state index is 11.9.